The number of ether oxygens (including phenoxy) is 1. The second kappa shape index (κ2) is 5.92. The molecule has 0 aliphatic carbocycles. The highest BCUT2D eigenvalue weighted by atomic mass is 16.5. The largest absolute Gasteiger partial charge is 0.488 e. The van der Waals surface area contributed by atoms with Gasteiger partial charge in [-0.25, -0.2) is 0 Å². The molecule has 3 heteroatoms. The minimum absolute atomic E-state index is 0.300. The van der Waals surface area contributed by atoms with Crippen LogP contribution in [0.15, 0.2) is 54.6 Å². The number of hydrogen-bond acceptors (Lipinski definition) is 3. The normalized spacial score (nSPS) is 11.0. The molecule has 0 spiro atoms. The standard InChI is InChI=1S/C18H18O3/c1-18(2,3)21-15-11-9-14(10-12-15)17(20)16(19)13-7-5-4-6-8-13/h4-12H,1-3H3. The summed E-state index contributed by atoms with van der Waals surface area (Å²) in [5.74, 6) is -0.338. The Morgan fingerprint density at radius 1 is 0.762 bits per heavy atom. The van der Waals surface area contributed by atoms with E-state index in [1.165, 1.54) is 0 Å². The van der Waals surface area contributed by atoms with Crippen LogP contribution < -0.4 is 4.74 Å². The molecule has 0 amide bonds. The minimum Gasteiger partial charge on any atom is -0.488 e. The maximum absolute atomic E-state index is 12.2. The van der Waals surface area contributed by atoms with Gasteiger partial charge in [0.05, 0.1) is 0 Å². The van der Waals surface area contributed by atoms with Gasteiger partial charge in [0.2, 0.25) is 11.6 Å². The van der Waals surface area contributed by atoms with Gasteiger partial charge in [0.15, 0.2) is 0 Å². The average Bonchev–Trinajstić information content (AvgIpc) is 2.46. The van der Waals surface area contributed by atoms with E-state index in [4.69, 9.17) is 4.74 Å². The first-order chi connectivity index (χ1) is 9.87. The van der Waals surface area contributed by atoms with Crippen LogP contribution in [0.1, 0.15) is 41.5 Å². The minimum atomic E-state index is -0.511. The first kappa shape index (κ1) is 15.0. The van der Waals surface area contributed by atoms with Gasteiger partial charge >= 0.3 is 0 Å². The Morgan fingerprint density at radius 2 is 1.24 bits per heavy atom. The number of carbonyl (C=O) groups is 2. The van der Waals surface area contributed by atoms with Gasteiger partial charge in [-0.05, 0) is 45.0 Å². The second-order valence-corrected chi connectivity index (χ2v) is 5.76. The van der Waals surface area contributed by atoms with Crippen molar-refractivity contribution in [3.63, 3.8) is 0 Å². The monoisotopic (exact) mass is 282 g/mol. The van der Waals surface area contributed by atoms with E-state index in [9.17, 15) is 9.59 Å². The third-order valence-corrected chi connectivity index (χ3v) is 2.78. The molecule has 0 saturated heterocycles. The molecule has 0 fully saturated rings. The summed E-state index contributed by atoms with van der Waals surface area (Å²) in [6, 6.07) is 15.2. The van der Waals surface area contributed by atoms with E-state index >= 15 is 0 Å². The summed E-state index contributed by atoms with van der Waals surface area (Å²) >= 11 is 0. The molecule has 0 aliphatic heterocycles. The Kier molecular flexibility index (Phi) is 4.22. The fourth-order valence-electron chi connectivity index (χ4n) is 1.88. The molecule has 2 aromatic rings. The quantitative estimate of drug-likeness (QED) is 0.630. The zero-order valence-corrected chi connectivity index (χ0v) is 12.4. The molecule has 2 aromatic carbocycles. The lowest BCUT2D eigenvalue weighted by molar-refractivity contribution is 0.0816. The molecule has 0 N–H and O–H groups in total. The van der Waals surface area contributed by atoms with Gasteiger partial charge < -0.3 is 4.74 Å². The molecule has 21 heavy (non-hydrogen) atoms. The first-order valence-electron chi connectivity index (χ1n) is 6.80. The number of hydrogen-bond donors (Lipinski definition) is 0. The molecule has 0 heterocycles. The van der Waals surface area contributed by atoms with Crippen LogP contribution in [0.25, 0.3) is 0 Å². The highest BCUT2D eigenvalue weighted by Gasteiger charge is 2.18. The van der Waals surface area contributed by atoms with Crippen LogP contribution in [0.2, 0.25) is 0 Å². The molecular weight excluding hydrogens is 264 g/mol. The first-order valence-corrected chi connectivity index (χ1v) is 6.80. The zero-order chi connectivity index (χ0) is 15.5. The van der Waals surface area contributed by atoms with Crippen molar-refractivity contribution in [2.75, 3.05) is 0 Å². The van der Waals surface area contributed by atoms with E-state index in [-0.39, 0.29) is 5.60 Å². The van der Waals surface area contributed by atoms with Crippen LogP contribution in [0.5, 0.6) is 5.75 Å². The Labute approximate surface area is 124 Å². The van der Waals surface area contributed by atoms with Crippen LogP contribution in [-0.2, 0) is 0 Å². The molecule has 3 nitrogen and oxygen atoms in total. The SMILES string of the molecule is CC(C)(C)Oc1ccc(C(=O)C(=O)c2ccccc2)cc1. The zero-order valence-electron chi connectivity index (χ0n) is 12.4. The van der Waals surface area contributed by atoms with E-state index in [2.05, 4.69) is 0 Å². The van der Waals surface area contributed by atoms with Gasteiger partial charge in [-0.1, -0.05) is 30.3 Å². The van der Waals surface area contributed by atoms with Crippen LogP contribution in [0.4, 0.5) is 0 Å². The van der Waals surface area contributed by atoms with E-state index in [1.807, 2.05) is 20.8 Å². The molecule has 0 aliphatic rings. The molecular formula is C18H18O3. The fourth-order valence-corrected chi connectivity index (χ4v) is 1.88. The number of Topliss-reactive ketones (excluding diaryl/α,β-unsaturated/α-hetero) is 2. The fraction of sp³-hybridized carbons (Fsp3) is 0.222. The van der Waals surface area contributed by atoms with Crippen LogP contribution in [0.3, 0.4) is 0 Å². The number of benzene rings is 2. The summed E-state index contributed by atoms with van der Waals surface area (Å²) < 4.78 is 5.69. The third kappa shape index (κ3) is 4.02. The van der Waals surface area contributed by atoms with Crippen LogP contribution in [-0.4, -0.2) is 17.2 Å². The smallest absolute Gasteiger partial charge is 0.233 e. The highest BCUT2D eigenvalue weighted by molar-refractivity contribution is 6.49. The summed E-state index contributed by atoms with van der Waals surface area (Å²) in [5.41, 5.74) is 0.466. The predicted octanol–water partition coefficient (Wildman–Crippen LogP) is 3.93. The average molecular weight is 282 g/mol. The molecule has 0 radical (unpaired) electrons. The summed E-state index contributed by atoms with van der Waals surface area (Å²) in [6.07, 6.45) is 0. The molecule has 0 atom stereocenters. The van der Waals surface area contributed by atoms with Crippen molar-refractivity contribution in [2.24, 2.45) is 0 Å². The lowest BCUT2D eigenvalue weighted by Gasteiger charge is -2.21. The van der Waals surface area contributed by atoms with E-state index in [0.717, 1.165) is 0 Å². The van der Waals surface area contributed by atoms with Crippen molar-refractivity contribution in [2.45, 2.75) is 26.4 Å². The van der Waals surface area contributed by atoms with Crippen molar-refractivity contribution in [3.8, 4) is 5.75 Å². The van der Waals surface area contributed by atoms with Gasteiger partial charge in [0.1, 0.15) is 11.4 Å². The summed E-state index contributed by atoms with van der Waals surface area (Å²) in [6.45, 7) is 5.85. The molecule has 0 unspecified atom stereocenters. The summed E-state index contributed by atoms with van der Waals surface area (Å²) in [7, 11) is 0. The van der Waals surface area contributed by atoms with Gasteiger partial charge in [-0.2, -0.15) is 0 Å². The summed E-state index contributed by atoms with van der Waals surface area (Å²) in [5, 5.41) is 0. The van der Waals surface area contributed by atoms with Crippen molar-refractivity contribution < 1.29 is 14.3 Å². The highest BCUT2D eigenvalue weighted by Crippen LogP contribution is 2.19. The van der Waals surface area contributed by atoms with Crippen molar-refractivity contribution >= 4 is 11.6 Å². The Hall–Kier alpha value is -2.42. The number of ketones is 2. The van der Waals surface area contributed by atoms with E-state index in [0.29, 0.717) is 16.9 Å². The van der Waals surface area contributed by atoms with E-state index < -0.39 is 11.6 Å². The lowest BCUT2D eigenvalue weighted by Crippen LogP contribution is -2.23. The van der Waals surface area contributed by atoms with Gasteiger partial charge in [0, 0.05) is 11.1 Å². The molecule has 2 rings (SSSR count). The predicted molar refractivity (Wildman–Crippen MR) is 81.9 cm³/mol. The van der Waals surface area contributed by atoms with Crippen molar-refractivity contribution in [1.82, 2.24) is 0 Å². The van der Waals surface area contributed by atoms with Gasteiger partial charge in [-0.3, -0.25) is 9.59 Å². The Balaban J connectivity index is 2.15. The maximum atomic E-state index is 12.2. The molecule has 108 valence electrons. The lowest BCUT2D eigenvalue weighted by atomic mass is 10.0. The number of rotatable bonds is 4. The Bertz CT molecular complexity index is 634. The van der Waals surface area contributed by atoms with E-state index in [1.54, 1.807) is 54.6 Å². The molecule has 0 saturated carbocycles. The third-order valence-electron chi connectivity index (χ3n) is 2.78. The second-order valence-electron chi connectivity index (χ2n) is 5.76. The summed E-state index contributed by atoms with van der Waals surface area (Å²) in [4.78, 5) is 24.2. The number of carbonyl (C=O) groups excluding carboxylic acids is 2. The maximum Gasteiger partial charge on any atom is 0.233 e. The van der Waals surface area contributed by atoms with Crippen LogP contribution >= 0.6 is 0 Å². The molecule has 0 bridgehead atoms. The topological polar surface area (TPSA) is 43.4 Å². The van der Waals surface area contributed by atoms with Crippen molar-refractivity contribution in [3.05, 3.63) is 65.7 Å². The molecule has 0 aromatic heterocycles. The van der Waals surface area contributed by atoms with Crippen LogP contribution in [0, 0.1) is 0 Å². The van der Waals surface area contributed by atoms with Gasteiger partial charge in [0.25, 0.3) is 0 Å². The van der Waals surface area contributed by atoms with Gasteiger partial charge in [-0.15, -0.1) is 0 Å². The Morgan fingerprint density at radius 3 is 1.71 bits per heavy atom. The van der Waals surface area contributed by atoms with Crippen molar-refractivity contribution in [1.29, 1.82) is 0 Å².